The van der Waals surface area contributed by atoms with Gasteiger partial charge in [0.05, 0.1) is 0 Å². The first-order valence-electron chi connectivity index (χ1n) is 4.68. The van der Waals surface area contributed by atoms with Crippen LogP contribution in [-0.4, -0.2) is 5.78 Å². The van der Waals surface area contributed by atoms with Crippen molar-refractivity contribution in [1.82, 2.24) is 0 Å². The highest BCUT2D eigenvalue weighted by molar-refractivity contribution is 5.78. The molecule has 0 amide bonds. The number of aryl methyl sites for hydroxylation is 1. The number of benzene rings is 1. The van der Waals surface area contributed by atoms with Crippen LogP contribution < -0.4 is 0 Å². The van der Waals surface area contributed by atoms with Crippen molar-refractivity contribution < 1.29 is 4.79 Å². The highest BCUT2D eigenvalue weighted by Crippen LogP contribution is 2.04. The monoisotopic (exact) mass is 175 g/mol. The Labute approximate surface area is 79.8 Å². The second-order valence-electron chi connectivity index (χ2n) is 3.13. The van der Waals surface area contributed by atoms with Crippen molar-refractivity contribution in [2.75, 3.05) is 0 Å². The van der Waals surface area contributed by atoms with Crippen LogP contribution in [0.15, 0.2) is 30.3 Å². The standard InChI is InChI=1S/C12H15O/c1-2-6-12(13)10-9-11-7-4-3-5-8-11/h3-5,7-8H,1-2,6,9-10H2. The van der Waals surface area contributed by atoms with Crippen molar-refractivity contribution in [3.63, 3.8) is 0 Å². The van der Waals surface area contributed by atoms with Gasteiger partial charge in [0.25, 0.3) is 0 Å². The minimum absolute atomic E-state index is 0.318. The lowest BCUT2D eigenvalue weighted by Crippen LogP contribution is -1.98. The Kier molecular flexibility index (Phi) is 4.24. The Hall–Kier alpha value is -1.11. The molecule has 0 bridgehead atoms. The Bertz CT molecular complexity index is 251. The number of carbonyl (C=O) groups is 1. The number of Topliss-reactive ketones (excluding diaryl/α,β-unsaturated/α-hetero) is 1. The fourth-order valence-corrected chi connectivity index (χ4v) is 1.25. The van der Waals surface area contributed by atoms with Gasteiger partial charge in [-0.2, -0.15) is 0 Å². The molecular formula is C12H15O. The summed E-state index contributed by atoms with van der Waals surface area (Å²) in [5, 5.41) is 0. The molecular weight excluding hydrogens is 160 g/mol. The van der Waals surface area contributed by atoms with Crippen LogP contribution in [0.2, 0.25) is 0 Å². The van der Waals surface area contributed by atoms with E-state index >= 15 is 0 Å². The van der Waals surface area contributed by atoms with E-state index in [0.29, 0.717) is 25.0 Å². The molecule has 0 saturated heterocycles. The molecule has 1 aromatic rings. The maximum atomic E-state index is 11.2. The third-order valence-corrected chi connectivity index (χ3v) is 1.99. The van der Waals surface area contributed by atoms with E-state index in [1.165, 1.54) is 5.56 Å². The second kappa shape index (κ2) is 5.52. The average molecular weight is 175 g/mol. The van der Waals surface area contributed by atoms with Crippen LogP contribution in [0.1, 0.15) is 24.8 Å². The van der Waals surface area contributed by atoms with E-state index in [1.807, 2.05) is 18.2 Å². The van der Waals surface area contributed by atoms with Crippen molar-refractivity contribution in [2.45, 2.75) is 25.7 Å². The minimum atomic E-state index is 0.318. The molecule has 1 heteroatoms. The first-order chi connectivity index (χ1) is 6.33. The normalized spacial score (nSPS) is 9.92. The Morgan fingerprint density at radius 2 is 1.85 bits per heavy atom. The lowest BCUT2D eigenvalue weighted by atomic mass is 10.1. The number of rotatable bonds is 5. The van der Waals surface area contributed by atoms with E-state index in [1.54, 1.807) is 0 Å². The van der Waals surface area contributed by atoms with Crippen LogP contribution in [0.4, 0.5) is 0 Å². The average Bonchev–Trinajstić information content (AvgIpc) is 2.17. The smallest absolute Gasteiger partial charge is 0.133 e. The van der Waals surface area contributed by atoms with E-state index < -0.39 is 0 Å². The fraction of sp³-hybridized carbons (Fsp3) is 0.333. The van der Waals surface area contributed by atoms with Crippen molar-refractivity contribution in [3.8, 4) is 0 Å². The third kappa shape index (κ3) is 3.88. The Morgan fingerprint density at radius 1 is 1.15 bits per heavy atom. The molecule has 1 aromatic carbocycles. The Balaban J connectivity index is 2.31. The van der Waals surface area contributed by atoms with Gasteiger partial charge >= 0.3 is 0 Å². The summed E-state index contributed by atoms with van der Waals surface area (Å²) in [6, 6.07) is 10.1. The molecule has 0 spiro atoms. The van der Waals surface area contributed by atoms with Gasteiger partial charge in [-0.25, -0.2) is 0 Å². The zero-order chi connectivity index (χ0) is 9.52. The minimum Gasteiger partial charge on any atom is -0.300 e. The molecule has 1 rings (SSSR count). The maximum absolute atomic E-state index is 11.2. The van der Waals surface area contributed by atoms with E-state index in [4.69, 9.17) is 0 Å². The van der Waals surface area contributed by atoms with Crippen molar-refractivity contribution >= 4 is 5.78 Å². The molecule has 0 saturated carbocycles. The van der Waals surface area contributed by atoms with Gasteiger partial charge in [0.1, 0.15) is 5.78 Å². The molecule has 0 aliphatic heterocycles. The maximum Gasteiger partial charge on any atom is 0.133 e. The predicted molar refractivity (Wildman–Crippen MR) is 54.4 cm³/mol. The SMILES string of the molecule is [CH2]CCC(=O)CCc1ccccc1. The summed E-state index contributed by atoms with van der Waals surface area (Å²) < 4.78 is 0. The number of ketones is 1. The zero-order valence-corrected chi connectivity index (χ0v) is 7.83. The van der Waals surface area contributed by atoms with Crippen LogP contribution in [0.5, 0.6) is 0 Å². The topological polar surface area (TPSA) is 17.1 Å². The first-order valence-corrected chi connectivity index (χ1v) is 4.68. The van der Waals surface area contributed by atoms with E-state index in [2.05, 4.69) is 19.1 Å². The number of hydrogen-bond donors (Lipinski definition) is 0. The van der Waals surface area contributed by atoms with Crippen molar-refractivity contribution in [2.24, 2.45) is 0 Å². The highest BCUT2D eigenvalue weighted by atomic mass is 16.1. The molecule has 0 heterocycles. The van der Waals surface area contributed by atoms with Gasteiger partial charge in [-0.05, 0) is 18.4 Å². The molecule has 1 nitrogen and oxygen atoms in total. The summed E-state index contributed by atoms with van der Waals surface area (Å²) in [6.07, 6.45) is 2.85. The molecule has 1 radical (unpaired) electrons. The molecule has 0 aliphatic rings. The van der Waals surface area contributed by atoms with Crippen LogP contribution in [0.25, 0.3) is 0 Å². The largest absolute Gasteiger partial charge is 0.300 e. The number of carbonyl (C=O) groups excluding carboxylic acids is 1. The first kappa shape index (κ1) is 9.97. The highest BCUT2D eigenvalue weighted by Gasteiger charge is 2.00. The summed E-state index contributed by atoms with van der Waals surface area (Å²) in [7, 11) is 0. The molecule has 13 heavy (non-hydrogen) atoms. The molecule has 0 aromatic heterocycles. The fourth-order valence-electron chi connectivity index (χ4n) is 1.25. The van der Waals surface area contributed by atoms with E-state index in [0.717, 1.165) is 6.42 Å². The summed E-state index contributed by atoms with van der Waals surface area (Å²) in [4.78, 5) is 11.2. The molecule has 0 unspecified atom stereocenters. The van der Waals surface area contributed by atoms with Crippen LogP contribution in [0.3, 0.4) is 0 Å². The lowest BCUT2D eigenvalue weighted by molar-refractivity contribution is -0.118. The van der Waals surface area contributed by atoms with Crippen molar-refractivity contribution in [3.05, 3.63) is 42.8 Å². The third-order valence-electron chi connectivity index (χ3n) is 1.99. The van der Waals surface area contributed by atoms with Crippen LogP contribution >= 0.6 is 0 Å². The van der Waals surface area contributed by atoms with Gasteiger partial charge in [0.2, 0.25) is 0 Å². The molecule has 0 aliphatic carbocycles. The lowest BCUT2D eigenvalue weighted by Gasteiger charge is -1.99. The van der Waals surface area contributed by atoms with Crippen LogP contribution in [0, 0.1) is 6.92 Å². The second-order valence-corrected chi connectivity index (χ2v) is 3.13. The van der Waals surface area contributed by atoms with E-state index in [-0.39, 0.29) is 0 Å². The van der Waals surface area contributed by atoms with Gasteiger partial charge < -0.3 is 0 Å². The van der Waals surface area contributed by atoms with E-state index in [9.17, 15) is 4.79 Å². The molecule has 0 N–H and O–H groups in total. The van der Waals surface area contributed by atoms with Gasteiger partial charge in [-0.1, -0.05) is 37.3 Å². The van der Waals surface area contributed by atoms with Crippen LogP contribution in [-0.2, 0) is 11.2 Å². The molecule has 0 fully saturated rings. The van der Waals surface area contributed by atoms with Crippen molar-refractivity contribution in [1.29, 1.82) is 0 Å². The number of hydrogen-bond acceptors (Lipinski definition) is 1. The molecule has 69 valence electrons. The summed E-state index contributed by atoms with van der Waals surface area (Å²) >= 11 is 0. The quantitative estimate of drug-likeness (QED) is 0.672. The van der Waals surface area contributed by atoms with Gasteiger partial charge in [-0.15, -0.1) is 0 Å². The summed E-state index contributed by atoms with van der Waals surface area (Å²) in [5.41, 5.74) is 1.24. The summed E-state index contributed by atoms with van der Waals surface area (Å²) in [5.74, 6) is 0.318. The zero-order valence-electron chi connectivity index (χ0n) is 7.83. The predicted octanol–water partition coefficient (Wildman–Crippen LogP) is 2.80. The summed E-state index contributed by atoms with van der Waals surface area (Å²) in [6.45, 7) is 3.66. The van der Waals surface area contributed by atoms with Gasteiger partial charge in [0, 0.05) is 12.8 Å². The van der Waals surface area contributed by atoms with Gasteiger partial charge in [0.15, 0.2) is 0 Å². The van der Waals surface area contributed by atoms with Gasteiger partial charge in [-0.3, -0.25) is 4.79 Å². The molecule has 0 atom stereocenters. The Morgan fingerprint density at radius 3 is 2.46 bits per heavy atom.